The van der Waals surface area contributed by atoms with Gasteiger partial charge in [-0.3, -0.25) is 14.8 Å². The molecule has 4 nitrogen and oxygen atoms in total. The van der Waals surface area contributed by atoms with Crippen molar-refractivity contribution in [3.63, 3.8) is 0 Å². The standard InChI is InChI=1S/C52H52N2O2/c1-38(55)35-47(56)20-7-5-3-2-4-6-15-43-17-12-22-50-48(43)32-34-54-52(50)46-19-11-14-42(37-46)30-28-40-25-23-39(24-26-40)27-29-41-13-10-18-45(36-41)51-49-21-9-8-16-44(49)31-33-53-51/h8-14,16-19,21-26,31-37,56H,2-7,15,20,27-30H2,1H3. The van der Waals surface area contributed by atoms with Gasteiger partial charge in [0.2, 0.25) is 0 Å². The lowest BCUT2D eigenvalue weighted by Gasteiger charge is -2.12. The van der Waals surface area contributed by atoms with Gasteiger partial charge in [0.25, 0.3) is 0 Å². The second kappa shape index (κ2) is 19.1. The number of carbonyl (C=O) groups is 1. The summed E-state index contributed by atoms with van der Waals surface area (Å²) in [7, 11) is 0. The first-order valence-corrected chi connectivity index (χ1v) is 20.4. The van der Waals surface area contributed by atoms with Crippen LogP contribution in [0.5, 0.6) is 0 Å². The van der Waals surface area contributed by atoms with Crippen molar-refractivity contribution in [1.82, 2.24) is 9.97 Å². The Balaban J connectivity index is 0.909. The van der Waals surface area contributed by atoms with Crippen LogP contribution in [0.2, 0.25) is 0 Å². The summed E-state index contributed by atoms with van der Waals surface area (Å²) >= 11 is 0. The molecular formula is C52H52N2O2. The molecule has 1 N–H and O–H groups in total. The predicted octanol–water partition coefficient (Wildman–Crippen LogP) is 13.0. The molecule has 0 aliphatic rings. The maximum Gasteiger partial charge on any atom is 0.155 e. The topological polar surface area (TPSA) is 63.1 Å². The van der Waals surface area contributed by atoms with E-state index < -0.39 is 0 Å². The lowest BCUT2D eigenvalue weighted by Crippen LogP contribution is -1.96. The van der Waals surface area contributed by atoms with Crippen molar-refractivity contribution in [2.24, 2.45) is 0 Å². The van der Waals surface area contributed by atoms with Gasteiger partial charge < -0.3 is 5.11 Å². The molecule has 0 saturated heterocycles. The van der Waals surface area contributed by atoms with E-state index >= 15 is 0 Å². The molecule has 0 saturated carbocycles. The van der Waals surface area contributed by atoms with Crippen molar-refractivity contribution in [2.75, 3.05) is 0 Å². The third-order valence-corrected chi connectivity index (χ3v) is 10.9. The van der Waals surface area contributed by atoms with E-state index in [0.29, 0.717) is 6.42 Å². The molecule has 0 unspecified atom stereocenters. The SMILES string of the molecule is CC(=O)C=C(O)CCCCCCCCc1cccc2c(-c3cccc(CCc4ccc(CCc5cccc(-c6nccc7ccccc67)c5)cc4)c3)nccc12. The number of aliphatic hydroxyl groups excluding tert-OH is 1. The zero-order valence-corrected chi connectivity index (χ0v) is 32.6. The molecule has 0 spiro atoms. The minimum atomic E-state index is -0.0953. The molecule has 0 bridgehead atoms. The molecular weight excluding hydrogens is 685 g/mol. The molecule has 2 aromatic heterocycles. The third-order valence-electron chi connectivity index (χ3n) is 10.9. The zero-order valence-electron chi connectivity index (χ0n) is 32.6. The van der Waals surface area contributed by atoms with Gasteiger partial charge in [0.15, 0.2) is 5.78 Å². The van der Waals surface area contributed by atoms with Crippen LogP contribution in [-0.2, 0) is 36.9 Å². The van der Waals surface area contributed by atoms with Crippen LogP contribution >= 0.6 is 0 Å². The molecule has 0 atom stereocenters. The average Bonchev–Trinajstić information content (AvgIpc) is 3.23. The van der Waals surface area contributed by atoms with Crippen LogP contribution in [0, 0.1) is 0 Å². The number of rotatable bonds is 18. The van der Waals surface area contributed by atoms with Crippen molar-refractivity contribution >= 4 is 27.3 Å². The number of hydrogen-bond acceptors (Lipinski definition) is 4. The minimum absolute atomic E-state index is 0.0953. The molecule has 0 radical (unpaired) electrons. The van der Waals surface area contributed by atoms with Crippen LogP contribution in [0.15, 0.2) is 152 Å². The Kier molecular flexibility index (Phi) is 13.1. The van der Waals surface area contributed by atoms with Crippen LogP contribution in [0.3, 0.4) is 0 Å². The number of nitrogens with zero attached hydrogens (tertiary/aromatic N) is 2. The van der Waals surface area contributed by atoms with Gasteiger partial charge in [-0.2, -0.15) is 0 Å². The van der Waals surface area contributed by atoms with Gasteiger partial charge in [0.05, 0.1) is 17.1 Å². The number of unbranched alkanes of at least 4 members (excludes halogenated alkanes) is 5. The van der Waals surface area contributed by atoms with E-state index in [1.165, 1.54) is 86.3 Å². The summed E-state index contributed by atoms with van der Waals surface area (Å²) in [5.41, 5.74) is 11.2. The van der Waals surface area contributed by atoms with Gasteiger partial charge in [-0.05, 0) is 115 Å². The molecule has 0 aliphatic heterocycles. The van der Waals surface area contributed by atoms with Gasteiger partial charge in [-0.25, -0.2) is 0 Å². The number of pyridine rings is 2. The number of aliphatic hydroxyl groups is 1. The molecule has 2 heterocycles. The van der Waals surface area contributed by atoms with Gasteiger partial charge in [-0.15, -0.1) is 0 Å². The number of carbonyl (C=O) groups excluding carboxylic acids is 1. The maximum atomic E-state index is 11.1. The van der Waals surface area contributed by atoms with Gasteiger partial charge in [-0.1, -0.05) is 129 Å². The highest BCUT2D eigenvalue weighted by molar-refractivity contribution is 5.96. The Labute approximate surface area is 332 Å². The van der Waals surface area contributed by atoms with Crippen molar-refractivity contribution in [3.8, 4) is 22.5 Å². The molecule has 5 aromatic carbocycles. The smallest absolute Gasteiger partial charge is 0.155 e. The van der Waals surface area contributed by atoms with E-state index in [2.05, 4.69) is 127 Å². The lowest BCUT2D eigenvalue weighted by molar-refractivity contribution is -0.112. The Morgan fingerprint density at radius 1 is 0.518 bits per heavy atom. The number of ketones is 1. The van der Waals surface area contributed by atoms with Crippen LogP contribution in [0.25, 0.3) is 44.1 Å². The zero-order chi connectivity index (χ0) is 38.5. The summed E-state index contributed by atoms with van der Waals surface area (Å²) in [6.07, 6.45) is 17.5. The fraction of sp³-hybridized carbons (Fsp3) is 0.250. The van der Waals surface area contributed by atoms with Gasteiger partial charge in [0, 0.05) is 46.8 Å². The van der Waals surface area contributed by atoms with Crippen molar-refractivity contribution in [1.29, 1.82) is 0 Å². The Morgan fingerprint density at radius 3 is 1.75 bits per heavy atom. The maximum absolute atomic E-state index is 11.1. The average molecular weight is 737 g/mol. The summed E-state index contributed by atoms with van der Waals surface area (Å²) in [6, 6.07) is 46.3. The first kappa shape index (κ1) is 38.4. The molecule has 282 valence electrons. The fourth-order valence-electron chi connectivity index (χ4n) is 7.90. The second-order valence-corrected chi connectivity index (χ2v) is 15.1. The molecule has 0 aliphatic carbocycles. The molecule has 56 heavy (non-hydrogen) atoms. The molecule has 0 fully saturated rings. The molecule has 7 aromatic rings. The Hall–Kier alpha value is -5.87. The highest BCUT2D eigenvalue weighted by atomic mass is 16.3. The van der Waals surface area contributed by atoms with Gasteiger partial charge >= 0.3 is 0 Å². The van der Waals surface area contributed by atoms with Crippen LogP contribution < -0.4 is 0 Å². The fourth-order valence-corrected chi connectivity index (χ4v) is 7.90. The molecule has 4 heteroatoms. The number of benzene rings is 5. The van der Waals surface area contributed by atoms with Crippen LogP contribution in [0.1, 0.15) is 79.7 Å². The van der Waals surface area contributed by atoms with Crippen molar-refractivity contribution in [2.45, 2.75) is 84.0 Å². The summed E-state index contributed by atoms with van der Waals surface area (Å²) in [5.74, 6) is 0.110. The number of fused-ring (bicyclic) bond motifs is 2. The summed E-state index contributed by atoms with van der Waals surface area (Å²) in [6.45, 7) is 1.47. The minimum Gasteiger partial charge on any atom is -0.512 e. The van der Waals surface area contributed by atoms with E-state index in [1.807, 2.05) is 12.4 Å². The number of hydrogen-bond donors (Lipinski definition) is 1. The van der Waals surface area contributed by atoms with Gasteiger partial charge in [0.1, 0.15) is 0 Å². The normalized spacial score (nSPS) is 11.7. The van der Waals surface area contributed by atoms with E-state index in [4.69, 9.17) is 9.97 Å². The number of aryl methyl sites for hydroxylation is 5. The third kappa shape index (κ3) is 10.2. The summed E-state index contributed by atoms with van der Waals surface area (Å²) in [4.78, 5) is 20.7. The lowest BCUT2D eigenvalue weighted by atomic mass is 9.95. The Bertz CT molecular complexity index is 2420. The highest BCUT2D eigenvalue weighted by Gasteiger charge is 2.10. The van der Waals surface area contributed by atoms with Crippen LogP contribution in [-0.4, -0.2) is 20.9 Å². The monoisotopic (exact) mass is 736 g/mol. The molecule has 7 rings (SSSR count). The number of allylic oxidation sites excluding steroid dienone is 2. The predicted molar refractivity (Wildman–Crippen MR) is 233 cm³/mol. The van der Waals surface area contributed by atoms with Crippen molar-refractivity contribution in [3.05, 3.63) is 179 Å². The highest BCUT2D eigenvalue weighted by Crippen LogP contribution is 2.31. The largest absolute Gasteiger partial charge is 0.512 e. The quantitative estimate of drug-likeness (QED) is 0.0541. The first-order chi connectivity index (χ1) is 27.5. The van der Waals surface area contributed by atoms with E-state index in [0.717, 1.165) is 69.2 Å². The number of aromatic nitrogens is 2. The van der Waals surface area contributed by atoms with E-state index in [1.54, 1.807) is 0 Å². The molecule has 0 amide bonds. The van der Waals surface area contributed by atoms with Crippen molar-refractivity contribution < 1.29 is 9.90 Å². The van der Waals surface area contributed by atoms with E-state index in [-0.39, 0.29) is 11.5 Å². The summed E-state index contributed by atoms with van der Waals surface area (Å²) < 4.78 is 0. The van der Waals surface area contributed by atoms with E-state index in [9.17, 15) is 9.90 Å². The van der Waals surface area contributed by atoms with Crippen LogP contribution in [0.4, 0.5) is 0 Å². The Morgan fingerprint density at radius 2 is 1.07 bits per heavy atom. The summed E-state index contributed by atoms with van der Waals surface area (Å²) in [5, 5.41) is 14.7. The first-order valence-electron chi connectivity index (χ1n) is 20.4. The second-order valence-electron chi connectivity index (χ2n) is 15.1.